The minimum Gasteiger partial charge on any atom is -0.341 e. The average molecular weight is 347 g/mol. The Bertz CT molecular complexity index is 1080. The Hall–Kier alpha value is -2.92. The van der Waals surface area contributed by atoms with Gasteiger partial charge in [-0.2, -0.15) is 0 Å². The molecule has 0 aliphatic rings. The van der Waals surface area contributed by atoms with Crippen LogP contribution in [-0.4, -0.2) is 15.5 Å². The van der Waals surface area contributed by atoms with Crippen LogP contribution in [0.5, 0.6) is 0 Å². The first-order chi connectivity index (χ1) is 12.3. The number of carbonyl (C=O) groups is 1. The maximum Gasteiger partial charge on any atom is 0.248 e. The molecule has 0 spiro atoms. The van der Waals surface area contributed by atoms with Crippen molar-refractivity contribution in [1.82, 2.24) is 9.55 Å². The Kier molecular flexibility index (Phi) is 4.07. The number of thiazole rings is 1. The molecular formula is C20H17N3OS. The summed E-state index contributed by atoms with van der Waals surface area (Å²) >= 11 is 1.51. The monoisotopic (exact) mass is 347 g/mol. The van der Waals surface area contributed by atoms with Gasteiger partial charge in [0.25, 0.3) is 0 Å². The van der Waals surface area contributed by atoms with Gasteiger partial charge >= 0.3 is 0 Å². The molecule has 2 aromatic carbocycles. The van der Waals surface area contributed by atoms with Crippen molar-refractivity contribution in [2.45, 2.75) is 13.5 Å². The van der Waals surface area contributed by atoms with Gasteiger partial charge in [0, 0.05) is 45.5 Å². The molecule has 0 saturated carbocycles. The molecule has 0 radical (unpaired) electrons. The van der Waals surface area contributed by atoms with Crippen LogP contribution < -0.4 is 5.32 Å². The molecule has 0 bridgehead atoms. The first kappa shape index (κ1) is 15.6. The van der Waals surface area contributed by atoms with Gasteiger partial charge in [-0.3, -0.25) is 4.79 Å². The number of carbonyl (C=O) groups excluding carboxylic acids is 1. The van der Waals surface area contributed by atoms with E-state index >= 15 is 0 Å². The smallest absolute Gasteiger partial charge is 0.248 e. The summed E-state index contributed by atoms with van der Waals surface area (Å²) in [7, 11) is 0. The highest BCUT2D eigenvalue weighted by molar-refractivity contribution is 7.07. The number of rotatable bonds is 4. The van der Waals surface area contributed by atoms with Crippen LogP contribution in [0.25, 0.3) is 27.9 Å². The van der Waals surface area contributed by atoms with Gasteiger partial charge < -0.3 is 9.88 Å². The second kappa shape index (κ2) is 6.53. The van der Waals surface area contributed by atoms with E-state index in [0.717, 1.165) is 23.3 Å². The molecule has 1 N–H and O–H groups in total. The van der Waals surface area contributed by atoms with E-state index in [4.69, 9.17) is 0 Å². The van der Waals surface area contributed by atoms with Crippen molar-refractivity contribution < 1.29 is 4.79 Å². The van der Waals surface area contributed by atoms with Crippen LogP contribution in [0.1, 0.15) is 12.6 Å². The highest BCUT2D eigenvalue weighted by Crippen LogP contribution is 2.30. The number of anilines is 1. The van der Waals surface area contributed by atoms with Gasteiger partial charge in [-0.15, -0.1) is 11.3 Å². The number of benzene rings is 2. The molecule has 0 saturated heterocycles. The Morgan fingerprint density at radius 3 is 2.84 bits per heavy atom. The Balaban J connectivity index is 1.67. The van der Waals surface area contributed by atoms with Crippen LogP contribution >= 0.6 is 11.3 Å². The number of nitrogens with one attached hydrogen (secondary N) is 1. The predicted molar refractivity (Wildman–Crippen MR) is 105 cm³/mol. The summed E-state index contributed by atoms with van der Waals surface area (Å²) in [4.78, 5) is 16.3. The van der Waals surface area contributed by atoms with E-state index in [2.05, 4.69) is 46.1 Å². The highest BCUT2D eigenvalue weighted by Gasteiger charge is 2.10. The zero-order valence-electron chi connectivity index (χ0n) is 13.8. The van der Waals surface area contributed by atoms with Crippen molar-refractivity contribution in [1.29, 1.82) is 0 Å². The van der Waals surface area contributed by atoms with E-state index < -0.39 is 0 Å². The van der Waals surface area contributed by atoms with Gasteiger partial charge in [0.05, 0.1) is 11.2 Å². The number of fused-ring (bicyclic) bond motifs is 3. The molecule has 2 heterocycles. The lowest BCUT2D eigenvalue weighted by molar-refractivity contribution is -0.111. The fourth-order valence-electron chi connectivity index (χ4n) is 3.12. The van der Waals surface area contributed by atoms with E-state index in [1.165, 1.54) is 33.8 Å². The van der Waals surface area contributed by atoms with Crippen LogP contribution in [0.2, 0.25) is 0 Å². The van der Waals surface area contributed by atoms with Crippen LogP contribution in [0.4, 0.5) is 5.69 Å². The average Bonchev–Trinajstić information content (AvgIpc) is 3.25. The molecule has 0 aliphatic carbocycles. The number of hydrogen-bond donors (Lipinski definition) is 1. The molecule has 0 aliphatic heterocycles. The minimum absolute atomic E-state index is 0.161. The Labute approximate surface area is 149 Å². The van der Waals surface area contributed by atoms with Crippen molar-refractivity contribution in [2.24, 2.45) is 0 Å². The number of aromatic nitrogens is 2. The second-order valence-electron chi connectivity index (χ2n) is 5.73. The quantitative estimate of drug-likeness (QED) is 0.533. The van der Waals surface area contributed by atoms with Gasteiger partial charge in [-0.05, 0) is 37.3 Å². The number of aryl methyl sites for hydroxylation is 1. The van der Waals surface area contributed by atoms with Crippen LogP contribution in [0.3, 0.4) is 0 Å². The first-order valence-corrected chi connectivity index (χ1v) is 9.09. The summed E-state index contributed by atoms with van der Waals surface area (Å²) in [6.45, 7) is 3.05. The fraction of sp³-hybridized carbons (Fsp3) is 0.100. The third kappa shape index (κ3) is 2.94. The molecule has 5 heteroatoms. The summed E-state index contributed by atoms with van der Waals surface area (Å²) < 4.78 is 2.29. The van der Waals surface area contributed by atoms with Crippen molar-refractivity contribution in [2.75, 3.05) is 5.32 Å². The molecule has 0 unspecified atom stereocenters. The highest BCUT2D eigenvalue weighted by atomic mass is 32.1. The lowest BCUT2D eigenvalue weighted by Crippen LogP contribution is -2.07. The molecule has 124 valence electrons. The number of para-hydroxylation sites is 1. The molecule has 1 amide bonds. The van der Waals surface area contributed by atoms with Gasteiger partial charge in [0.15, 0.2) is 0 Å². The number of amides is 1. The fourth-order valence-corrected chi connectivity index (χ4v) is 3.64. The van der Waals surface area contributed by atoms with E-state index in [-0.39, 0.29) is 5.91 Å². The second-order valence-corrected chi connectivity index (χ2v) is 6.45. The first-order valence-electron chi connectivity index (χ1n) is 8.14. The summed E-state index contributed by atoms with van der Waals surface area (Å²) in [5.74, 6) is -0.161. The third-order valence-electron chi connectivity index (χ3n) is 4.21. The molecule has 4 nitrogen and oxygen atoms in total. The maximum absolute atomic E-state index is 12.1. The molecular weight excluding hydrogens is 330 g/mol. The normalized spacial score (nSPS) is 11.6. The standard InChI is InChI=1S/C20H17N3OS/c1-2-23-18-6-4-3-5-16(18)17-11-14(7-9-19(17)23)22-20(24)10-8-15-12-25-13-21-15/h3-13H,2H2,1H3,(H,22,24)/b10-8+. The molecule has 0 fully saturated rings. The van der Waals surface area contributed by atoms with Crippen molar-refractivity contribution in [3.63, 3.8) is 0 Å². The summed E-state index contributed by atoms with van der Waals surface area (Å²) in [5.41, 5.74) is 5.72. The van der Waals surface area contributed by atoms with E-state index in [1.807, 2.05) is 23.6 Å². The lowest BCUT2D eigenvalue weighted by Gasteiger charge is -2.05. The zero-order chi connectivity index (χ0) is 17.2. The topological polar surface area (TPSA) is 46.9 Å². The molecule has 2 aromatic heterocycles. The van der Waals surface area contributed by atoms with Crippen molar-refractivity contribution >= 4 is 50.8 Å². The van der Waals surface area contributed by atoms with Crippen LogP contribution in [0, 0.1) is 0 Å². The predicted octanol–water partition coefficient (Wildman–Crippen LogP) is 4.92. The van der Waals surface area contributed by atoms with Gasteiger partial charge in [0.1, 0.15) is 0 Å². The van der Waals surface area contributed by atoms with Crippen LogP contribution in [0.15, 0.2) is 59.4 Å². The lowest BCUT2D eigenvalue weighted by atomic mass is 10.1. The van der Waals surface area contributed by atoms with E-state index in [0.29, 0.717) is 0 Å². The molecule has 4 aromatic rings. The van der Waals surface area contributed by atoms with Crippen molar-refractivity contribution in [3.05, 3.63) is 65.1 Å². The van der Waals surface area contributed by atoms with Gasteiger partial charge in [0.2, 0.25) is 5.91 Å². The van der Waals surface area contributed by atoms with Crippen LogP contribution in [-0.2, 0) is 11.3 Å². The van der Waals surface area contributed by atoms with Gasteiger partial charge in [-0.25, -0.2) is 4.98 Å². The summed E-state index contributed by atoms with van der Waals surface area (Å²) in [5, 5.41) is 7.18. The SMILES string of the molecule is CCn1c2ccccc2c2cc(NC(=O)/C=C/c3cscn3)ccc21. The molecule has 25 heavy (non-hydrogen) atoms. The maximum atomic E-state index is 12.1. The van der Waals surface area contributed by atoms with E-state index in [1.54, 1.807) is 11.6 Å². The summed E-state index contributed by atoms with van der Waals surface area (Å²) in [6, 6.07) is 14.4. The number of hydrogen-bond acceptors (Lipinski definition) is 3. The Morgan fingerprint density at radius 1 is 1.20 bits per heavy atom. The molecule has 0 atom stereocenters. The van der Waals surface area contributed by atoms with Gasteiger partial charge in [-0.1, -0.05) is 18.2 Å². The summed E-state index contributed by atoms with van der Waals surface area (Å²) in [6.07, 6.45) is 3.22. The van der Waals surface area contributed by atoms with E-state index in [9.17, 15) is 4.79 Å². The minimum atomic E-state index is -0.161. The molecule has 4 rings (SSSR count). The zero-order valence-corrected chi connectivity index (χ0v) is 14.6. The van der Waals surface area contributed by atoms with Crippen molar-refractivity contribution in [3.8, 4) is 0 Å². The number of nitrogens with zero attached hydrogens (tertiary/aromatic N) is 2. The third-order valence-corrected chi connectivity index (χ3v) is 4.82. The largest absolute Gasteiger partial charge is 0.341 e. The Morgan fingerprint density at radius 2 is 2.04 bits per heavy atom.